The second-order valence-electron chi connectivity index (χ2n) is 8.01. The molecule has 1 amide bonds. The number of anilines is 1. The summed E-state index contributed by atoms with van der Waals surface area (Å²) in [4.78, 5) is 27.8. The molecule has 2 N–H and O–H groups in total. The first kappa shape index (κ1) is 22.1. The van der Waals surface area contributed by atoms with Gasteiger partial charge in [0.25, 0.3) is 11.7 Å². The van der Waals surface area contributed by atoms with Crippen LogP contribution in [0.4, 0.5) is 5.69 Å². The van der Waals surface area contributed by atoms with Gasteiger partial charge in [-0.25, -0.2) is 0 Å². The second-order valence-corrected chi connectivity index (χ2v) is 8.01. The smallest absolute Gasteiger partial charge is 0.300 e. The Hall–Kier alpha value is -4.06. The van der Waals surface area contributed by atoms with Crippen LogP contribution in [0.1, 0.15) is 35.2 Å². The molecular weight excluding hydrogens is 418 g/mol. The number of phenols is 1. The Morgan fingerprint density at radius 3 is 2.36 bits per heavy atom. The zero-order valence-corrected chi connectivity index (χ0v) is 18.7. The van der Waals surface area contributed by atoms with E-state index >= 15 is 0 Å². The molecule has 4 rings (SSSR count). The van der Waals surface area contributed by atoms with Crippen LogP contribution in [0, 0.1) is 13.8 Å². The third-order valence-corrected chi connectivity index (χ3v) is 5.68. The molecule has 33 heavy (non-hydrogen) atoms. The van der Waals surface area contributed by atoms with Crippen LogP contribution in [-0.4, -0.2) is 28.5 Å². The van der Waals surface area contributed by atoms with Crippen molar-refractivity contribution in [3.63, 3.8) is 0 Å². The van der Waals surface area contributed by atoms with Gasteiger partial charge in [0.05, 0.1) is 18.2 Å². The van der Waals surface area contributed by atoms with Gasteiger partial charge in [-0.2, -0.15) is 0 Å². The molecule has 0 saturated carbocycles. The van der Waals surface area contributed by atoms with Crippen LogP contribution in [0.5, 0.6) is 11.5 Å². The monoisotopic (exact) mass is 443 g/mol. The number of benzene rings is 3. The molecule has 1 aliphatic heterocycles. The zero-order valence-electron chi connectivity index (χ0n) is 18.7. The number of carbonyl (C=O) groups excluding carboxylic acids is 2. The molecule has 1 heterocycles. The van der Waals surface area contributed by atoms with E-state index in [1.807, 2.05) is 39.0 Å². The van der Waals surface area contributed by atoms with E-state index in [2.05, 4.69) is 0 Å². The van der Waals surface area contributed by atoms with Crippen LogP contribution < -0.4 is 9.64 Å². The van der Waals surface area contributed by atoms with Crippen molar-refractivity contribution in [1.82, 2.24) is 0 Å². The van der Waals surface area contributed by atoms with Gasteiger partial charge in [0.2, 0.25) is 0 Å². The predicted octanol–water partition coefficient (Wildman–Crippen LogP) is 5.03. The molecule has 6 heteroatoms. The maximum absolute atomic E-state index is 13.2. The van der Waals surface area contributed by atoms with E-state index in [1.54, 1.807) is 36.4 Å². The summed E-state index contributed by atoms with van der Waals surface area (Å²) in [5, 5.41) is 21.0. The number of carbonyl (C=O) groups is 2. The largest absolute Gasteiger partial charge is 0.508 e. The Kier molecular flexibility index (Phi) is 5.92. The van der Waals surface area contributed by atoms with Gasteiger partial charge in [0.15, 0.2) is 0 Å². The highest BCUT2D eigenvalue weighted by atomic mass is 16.5. The zero-order chi connectivity index (χ0) is 23.7. The average molecular weight is 443 g/mol. The van der Waals surface area contributed by atoms with E-state index in [-0.39, 0.29) is 17.1 Å². The fourth-order valence-electron chi connectivity index (χ4n) is 4.12. The molecule has 6 nitrogen and oxygen atoms in total. The van der Waals surface area contributed by atoms with Gasteiger partial charge in [-0.15, -0.1) is 0 Å². The molecule has 168 valence electrons. The molecule has 0 aromatic heterocycles. The van der Waals surface area contributed by atoms with Crippen LogP contribution in [0.3, 0.4) is 0 Å². The van der Waals surface area contributed by atoms with Crippen molar-refractivity contribution in [1.29, 1.82) is 0 Å². The lowest BCUT2D eigenvalue weighted by molar-refractivity contribution is -0.132. The number of hydrogen-bond acceptors (Lipinski definition) is 5. The number of rotatable bonds is 5. The standard InChI is InChI=1S/C27H25NO5/c1-4-33-22-13-10-19(15-17(22)3)25(30)23-24(18-8-11-21(29)12-9-18)28(27(32)26(23)31)20-7-5-6-16(2)14-20/h5-15,24,29-30H,4H2,1-3H3/b25-23-. The van der Waals surface area contributed by atoms with Crippen molar-refractivity contribution in [2.24, 2.45) is 0 Å². The topological polar surface area (TPSA) is 87.1 Å². The molecular formula is C27H25NO5. The third-order valence-electron chi connectivity index (χ3n) is 5.68. The quantitative estimate of drug-likeness (QED) is 0.328. The molecule has 1 atom stereocenters. The number of aliphatic hydroxyl groups excluding tert-OH is 1. The third kappa shape index (κ3) is 4.07. The Morgan fingerprint density at radius 2 is 1.73 bits per heavy atom. The number of aryl methyl sites for hydroxylation is 2. The summed E-state index contributed by atoms with van der Waals surface area (Å²) in [7, 11) is 0. The first-order chi connectivity index (χ1) is 15.8. The van der Waals surface area contributed by atoms with Crippen LogP contribution in [0.15, 0.2) is 72.3 Å². The summed E-state index contributed by atoms with van der Waals surface area (Å²) in [5.74, 6) is -0.994. The number of aromatic hydroxyl groups is 1. The van der Waals surface area contributed by atoms with Gasteiger partial charge in [0.1, 0.15) is 17.3 Å². The van der Waals surface area contributed by atoms with E-state index in [1.165, 1.54) is 17.0 Å². The Bertz CT molecular complexity index is 1260. The van der Waals surface area contributed by atoms with Gasteiger partial charge in [-0.05, 0) is 79.9 Å². The van der Waals surface area contributed by atoms with E-state index < -0.39 is 17.7 Å². The minimum Gasteiger partial charge on any atom is -0.508 e. The SMILES string of the molecule is CCOc1ccc(/C(O)=C2/C(=O)C(=O)N(c3cccc(C)c3)C2c2ccc(O)cc2)cc1C. The highest BCUT2D eigenvalue weighted by Gasteiger charge is 2.47. The van der Waals surface area contributed by atoms with Gasteiger partial charge >= 0.3 is 0 Å². The minimum absolute atomic E-state index is 0.00393. The van der Waals surface area contributed by atoms with Gasteiger partial charge in [-0.3, -0.25) is 14.5 Å². The molecule has 0 spiro atoms. The maximum atomic E-state index is 13.2. The van der Waals surface area contributed by atoms with Crippen LogP contribution >= 0.6 is 0 Å². The normalized spacial score (nSPS) is 17.4. The second kappa shape index (κ2) is 8.82. The summed E-state index contributed by atoms with van der Waals surface area (Å²) < 4.78 is 5.57. The summed E-state index contributed by atoms with van der Waals surface area (Å²) in [6, 6.07) is 17.9. The lowest BCUT2D eigenvalue weighted by atomic mass is 9.94. The Balaban J connectivity index is 1.91. The number of nitrogens with zero attached hydrogens (tertiary/aromatic N) is 1. The summed E-state index contributed by atoms with van der Waals surface area (Å²) in [6.45, 7) is 6.15. The summed E-state index contributed by atoms with van der Waals surface area (Å²) >= 11 is 0. The molecule has 0 radical (unpaired) electrons. The van der Waals surface area contributed by atoms with Crippen LogP contribution in [0.25, 0.3) is 5.76 Å². The van der Waals surface area contributed by atoms with E-state index in [4.69, 9.17) is 4.74 Å². The summed E-state index contributed by atoms with van der Waals surface area (Å²) in [6.07, 6.45) is 0. The molecule has 1 aliphatic rings. The Morgan fingerprint density at radius 1 is 1.00 bits per heavy atom. The first-order valence-electron chi connectivity index (χ1n) is 10.7. The highest BCUT2D eigenvalue weighted by Crippen LogP contribution is 2.42. The van der Waals surface area contributed by atoms with Crippen molar-refractivity contribution in [3.8, 4) is 11.5 Å². The number of ether oxygens (including phenoxy) is 1. The fraction of sp³-hybridized carbons (Fsp3) is 0.185. The molecule has 1 unspecified atom stereocenters. The van der Waals surface area contributed by atoms with Gasteiger partial charge in [-0.1, -0.05) is 24.3 Å². The molecule has 1 saturated heterocycles. The number of ketones is 1. The van der Waals surface area contributed by atoms with E-state index in [0.717, 1.165) is 11.1 Å². The number of phenolic OH excluding ortho intramolecular Hbond substituents is 1. The van der Waals surface area contributed by atoms with Crippen molar-refractivity contribution >= 4 is 23.1 Å². The number of Topliss-reactive ketones (excluding diaryl/α,β-unsaturated/α-hetero) is 1. The van der Waals surface area contributed by atoms with E-state index in [9.17, 15) is 19.8 Å². The molecule has 0 aliphatic carbocycles. The van der Waals surface area contributed by atoms with Crippen molar-refractivity contribution in [2.45, 2.75) is 26.8 Å². The fourth-order valence-corrected chi connectivity index (χ4v) is 4.12. The van der Waals surface area contributed by atoms with E-state index in [0.29, 0.717) is 29.2 Å². The van der Waals surface area contributed by atoms with Crippen molar-refractivity contribution in [3.05, 3.63) is 94.6 Å². The lowest BCUT2D eigenvalue weighted by Crippen LogP contribution is -2.29. The molecule has 3 aromatic carbocycles. The minimum atomic E-state index is -0.848. The van der Waals surface area contributed by atoms with Crippen LogP contribution in [0.2, 0.25) is 0 Å². The first-order valence-corrected chi connectivity index (χ1v) is 10.7. The van der Waals surface area contributed by atoms with Crippen molar-refractivity contribution < 1.29 is 24.5 Å². The predicted molar refractivity (Wildman–Crippen MR) is 126 cm³/mol. The highest BCUT2D eigenvalue weighted by molar-refractivity contribution is 6.51. The van der Waals surface area contributed by atoms with Crippen LogP contribution in [-0.2, 0) is 9.59 Å². The maximum Gasteiger partial charge on any atom is 0.300 e. The Labute approximate surface area is 192 Å². The number of hydrogen-bond donors (Lipinski definition) is 2. The molecule has 0 bridgehead atoms. The average Bonchev–Trinajstić information content (AvgIpc) is 3.06. The van der Waals surface area contributed by atoms with Gasteiger partial charge in [0, 0.05) is 11.3 Å². The van der Waals surface area contributed by atoms with Gasteiger partial charge < -0.3 is 14.9 Å². The number of aliphatic hydroxyl groups is 1. The molecule has 3 aromatic rings. The lowest BCUT2D eigenvalue weighted by Gasteiger charge is -2.25. The molecule has 1 fully saturated rings. The van der Waals surface area contributed by atoms with Crippen molar-refractivity contribution in [2.75, 3.05) is 11.5 Å². The number of amides is 1. The summed E-state index contributed by atoms with van der Waals surface area (Å²) in [5.41, 5.74) is 3.29.